The first-order valence-corrected chi connectivity index (χ1v) is 9.31. The average molecular weight is 404 g/mol. The largest absolute Gasteiger partial charge is 0.496 e. The summed E-state index contributed by atoms with van der Waals surface area (Å²) < 4.78 is 11.0. The average Bonchev–Trinajstić information content (AvgIpc) is 2.74. The molecule has 146 valence electrons. The maximum absolute atomic E-state index is 12.1. The molecule has 0 aromatic heterocycles. The Kier molecular flexibility index (Phi) is 6.97. The molecule has 1 amide bonds. The third-order valence-corrected chi connectivity index (χ3v) is 4.09. The molecule has 6 heteroatoms. The van der Waals surface area contributed by atoms with Gasteiger partial charge < -0.3 is 14.8 Å². The third kappa shape index (κ3) is 6.19. The summed E-state index contributed by atoms with van der Waals surface area (Å²) in [4.78, 5) is 12.1. The minimum atomic E-state index is -0.336. The molecule has 5 nitrogen and oxygen atoms in total. The van der Waals surface area contributed by atoms with E-state index < -0.39 is 0 Å². The lowest BCUT2D eigenvalue weighted by Crippen LogP contribution is -2.32. The van der Waals surface area contributed by atoms with Crippen LogP contribution in [0.3, 0.4) is 0 Å². The molecule has 0 atom stereocenters. The van der Waals surface area contributed by atoms with Crippen LogP contribution in [0.1, 0.15) is 5.56 Å². The first-order valence-electron chi connectivity index (χ1n) is 8.90. The number of para-hydroxylation sites is 2. The molecule has 29 heavy (non-hydrogen) atoms. The Bertz CT molecular complexity index is 1000. The molecular weight excluding hydrogens is 384 g/mol. The molecule has 3 aromatic rings. The van der Waals surface area contributed by atoms with Crippen LogP contribution in [-0.4, -0.2) is 18.1 Å². The van der Waals surface area contributed by atoms with Crippen molar-refractivity contribution in [2.75, 3.05) is 12.4 Å². The Balaban J connectivity index is 1.52. The highest BCUT2D eigenvalue weighted by Gasteiger charge is 2.04. The predicted octanol–water partition coefficient (Wildman–Crippen LogP) is 5.01. The first kappa shape index (κ1) is 20.1. The summed E-state index contributed by atoms with van der Waals surface area (Å²) in [5.41, 5.74) is 1.54. The van der Waals surface area contributed by atoms with E-state index in [4.69, 9.17) is 21.7 Å². The van der Waals surface area contributed by atoms with Crippen molar-refractivity contribution in [3.05, 3.63) is 90.5 Å². The number of hydrogen-bond donors (Lipinski definition) is 2. The maximum Gasteiger partial charge on any atom is 0.250 e. The first-order chi connectivity index (χ1) is 14.1. The molecule has 3 aromatic carbocycles. The number of thiocarbonyl (C=S) groups is 1. The van der Waals surface area contributed by atoms with Crippen molar-refractivity contribution in [2.45, 2.75) is 0 Å². The van der Waals surface area contributed by atoms with Crippen molar-refractivity contribution >= 4 is 35.0 Å². The van der Waals surface area contributed by atoms with Gasteiger partial charge >= 0.3 is 0 Å². The molecule has 0 aliphatic rings. The molecule has 0 fully saturated rings. The molecular formula is C23H20N2O3S. The quantitative estimate of drug-likeness (QED) is 0.447. The van der Waals surface area contributed by atoms with Crippen LogP contribution < -0.4 is 20.1 Å². The minimum absolute atomic E-state index is 0.205. The van der Waals surface area contributed by atoms with E-state index in [0.29, 0.717) is 11.5 Å². The van der Waals surface area contributed by atoms with Crippen molar-refractivity contribution in [1.82, 2.24) is 5.32 Å². The van der Waals surface area contributed by atoms with E-state index in [1.54, 1.807) is 13.2 Å². The van der Waals surface area contributed by atoms with Gasteiger partial charge in [-0.1, -0.05) is 36.4 Å². The summed E-state index contributed by atoms with van der Waals surface area (Å²) in [6.45, 7) is 0. The van der Waals surface area contributed by atoms with Crippen molar-refractivity contribution in [3.8, 4) is 17.2 Å². The molecule has 0 aliphatic carbocycles. The van der Waals surface area contributed by atoms with E-state index >= 15 is 0 Å². The fraction of sp³-hybridized carbons (Fsp3) is 0.0435. The predicted molar refractivity (Wildman–Crippen MR) is 119 cm³/mol. The number of nitrogens with one attached hydrogen (secondary N) is 2. The molecule has 2 N–H and O–H groups in total. The van der Waals surface area contributed by atoms with Gasteiger partial charge in [0.05, 0.1) is 7.11 Å². The van der Waals surface area contributed by atoms with Crippen LogP contribution in [0.2, 0.25) is 0 Å². The SMILES string of the molecule is COc1ccccc1/C=C/C(=O)NC(=S)Nc1ccc(Oc2ccccc2)cc1. The van der Waals surface area contributed by atoms with Gasteiger partial charge in [0.1, 0.15) is 17.2 Å². The zero-order chi connectivity index (χ0) is 20.5. The van der Waals surface area contributed by atoms with Crippen LogP contribution in [0.5, 0.6) is 17.2 Å². The van der Waals surface area contributed by atoms with E-state index in [2.05, 4.69) is 10.6 Å². The normalized spacial score (nSPS) is 10.4. The number of amides is 1. The Morgan fingerprint density at radius 3 is 2.28 bits per heavy atom. The fourth-order valence-electron chi connectivity index (χ4n) is 2.52. The van der Waals surface area contributed by atoms with Gasteiger partial charge in [0.2, 0.25) is 5.91 Å². The fourth-order valence-corrected chi connectivity index (χ4v) is 2.73. The standard InChI is InChI=1S/C23H20N2O3S/c1-27-21-10-6-5-7-17(21)11-16-22(26)25-23(29)24-18-12-14-20(15-13-18)28-19-8-3-2-4-9-19/h2-16H,1H3,(H2,24,25,26,29)/b16-11+. The Hall–Kier alpha value is -3.64. The highest BCUT2D eigenvalue weighted by molar-refractivity contribution is 7.80. The Morgan fingerprint density at radius 1 is 0.897 bits per heavy atom. The summed E-state index contributed by atoms with van der Waals surface area (Å²) in [5.74, 6) is 1.82. The second kappa shape index (κ2) is 10.1. The van der Waals surface area contributed by atoms with Crippen LogP contribution in [0.4, 0.5) is 5.69 Å². The van der Waals surface area contributed by atoms with Gasteiger partial charge in [0.15, 0.2) is 5.11 Å². The second-order valence-electron chi connectivity index (χ2n) is 5.96. The van der Waals surface area contributed by atoms with Gasteiger partial charge in [0, 0.05) is 17.3 Å². The van der Waals surface area contributed by atoms with Crippen LogP contribution in [-0.2, 0) is 4.79 Å². The molecule has 0 saturated heterocycles. The molecule has 0 spiro atoms. The molecule has 0 aliphatic heterocycles. The van der Waals surface area contributed by atoms with Gasteiger partial charge in [-0.05, 0) is 60.8 Å². The maximum atomic E-state index is 12.1. The number of methoxy groups -OCH3 is 1. The van der Waals surface area contributed by atoms with Crippen LogP contribution in [0.15, 0.2) is 84.9 Å². The Labute approximate surface area is 175 Å². The van der Waals surface area contributed by atoms with Crippen molar-refractivity contribution in [2.24, 2.45) is 0 Å². The highest BCUT2D eigenvalue weighted by Crippen LogP contribution is 2.22. The Morgan fingerprint density at radius 2 is 1.55 bits per heavy atom. The van der Waals surface area contributed by atoms with Crippen LogP contribution in [0, 0.1) is 0 Å². The number of hydrogen-bond acceptors (Lipinski definition) is 4. The molecule has 0 radical (unpaired) electrons. The van der Waals surface area contributed by atoms with Gasteiger partial charge in [-0.25, -0.2) is 0 Å². The number of carbonyl (C=O) groups excluding carboxylic acids is 1. The van der Waals surface area contributed by atoms with Crippen LogP contribution >= 0.6 is 12.2 Å². The van der Waals surface area contributed by atoms with Gasteiger partial charge in [-0.3, -0.25) is 10.1 Å². The summed E-state index contributed by atoms with van der Waals surface area (Å²) >= 11 is 5.20. The molecule has 0 saturated carbocycles. The second-order valence-corrected chi connectivity index (χ2v) is 6.37. The number of benzene rings is 3. The lowest BCUT2D eigenvalue weighted by atomic mass is 10.2. The van der Waals surface area contributed by atoms with Gasteiger partial charge in [0.25, 0.3) is 0 Å². The topological polar surface area (TPSA) is 59.6 Å². The molecule has 0 unspecified atom stereocenters. The van der Waals surface area contributed by atoms with E-state index in [1.165, 1.54) is 6.08 Å². The molecule has 0 bridgehead atoms. The molecule has 3 rings (SSSR count). The highest BCUT2D eigenvalue weighted by atomic mass is 32.1. The summed E-state index contributed by atoms with van der Waals surface area (Å²) in [7, 11) is 1.59. The lowest BCUT2D eigenvalue weighted by molar-refractivity contribution is -0.115. The zero-order valence-electron chi connectivity index (χ0n) is 15.8. The van der Waals surface area contributed by atoms with E-state index in [-0.39, 0.29) is 11.0 Å². The third-order valence-electron chi connectivity index (χ3n) is 3.88. The summed E-state index contributed by atoms with van der Waals surface area (Å²) in [5, 5.41) is 5.79. The zero-order valence-corrected chi connectivity index (χ0v) is 16.6. The summed E-state index contributed by atoms with van der Waals surface area (Å²) in [6.07, 6.45) is 3.08. The van der Waals surface area contributed by atoms with Gasteiger partial charge in [-0.2, -0.15) is 0 Å². The monoisotopic (exact) mass is 404 g/mol. The number of anilines is 1. The van der Waals surface area contributed by atoms with Crippen molar-refractivity contribution in [3.63, 3.8) is 0 Å². The summed E-state index contributed by atoms with van der Waals surface area (Å²) in [6, 6.07) is 24.2. The van der Waals surface area contributed by atoms with Gasteiger partial charge in [-0.15, -0.1) is 0 Å². The van der Waals surface area contributed by atoms with E-state index in [0.717, 1.165) is 17.0 Å². The number of carbonyl (C=O) groups is 1. The van der Waals surface area contributed by atoms with Crippen molar-refractivity contribution in [1.29, 1.82) is 0 Å². The number of rotatable bonds is 6. The van der Waals surface area contributed by atoms with Crippen molar-refractivity contribution < 1.29 is 14.3 Å². The smallest absolute Gasteiger partial charge is 0.250 e. The number of ether oxygens (including phenoxy) is 2. The minimum Gasteiger partial charge on any atom is -0.496 e. The van der Waals surface area contributed by atoms with Crippen LogP contribution in [0.25, 0.3) is 6.08 Å². The van der Waals surface area contributed by atoms with E-state index in [1.807, 2.05) is 78.9 Å². The lowest BCUT2D eigenvalue weighted by Gasteiger charge is -2.10. The van der Waals surface area contributed by atoms with E-state index in [9.17, 15) is 4.79 Å². The molecule has 0 heterocycles.